The van der Waals surface area contributed by atoms with E-state index in [1.165, 1.54) is 17.3 Å². The number of thioether (sulfide) groups is 1. The van der Waals surface area contributed by atoms with Crippen LogP contribution in [0.4, 0.5) is 5.69 Å². The molecule has 0 aliphatic rings. The van der Waals surface area contributed by atoms with Crippen LogP contribution in [0.5, 0.6) is 0 Å². The Balaban J connectivity index is 2.76. The minimum atomic E-state index is -0.155. The third kappa shape index (κ3) is 4.03. The lowest BCUT2D eigenvalue weighted by Crippen LogP contribution is -2.24. The maximum absolute atomic E-state index is 12.0. The van der Waals surface area contributed by atoms with Gasteiger partial charge in [0.25, 0.3) is 0 Å². The summed E-state index contributed by atoms with van der Waals surface area (Å²) >= 11 is 1.46. The highest BCUT2D eigenvalue weighted by atomic mass is 32.2. The minimum Gasteiger partial charge on any atom is -0.396 e. The van der Waals surface area contributed by atoms with E-state index in [-0.39, 0.29) is 17.8 Å². The van der Waals surface area contributed by atoms with Crippen molar-refractivity contribution >= 4 is 23.4 Å². The monoisotopic (exact) mass is 267 g/mol. The van der Waals surface area contributed by atoms with Crippen LogP contribution < -0.4 is 5.32 Å². The molecule has 1 rings (SSSR count). The quantitative estimate of drug-likeness (QED) is 0.862. The van der Waals surface area contributed by atoms with E-state index in [1.807, 2.05) is 27.7 Å². The molecule has 100 valence electrons. The molecule has 0 saturated carbocycles. The number of aryl methyl sites for hydroxylation is 3. The molecule has 0 bridgehead atoms. The van der Waals surface area contributed by atoms with Crippen LogP contribution in [-0.2, 0) is 4.79 Å². The van der Waals surface area contributed by atoms with E-state index in [1.54, 1.807) is 0 Å². The van der Waals surface area contributed by atoms with Gasteiger partial charge in [-0.25, -0.2) is 0 Å². The summed E-state index contributed by atoms with van der Waals surface area (Å²) in [6.07, 6.45) is 0. The second-order valence-corrected chi connectivity index (χ2v) is 5.95. The Morgan fingerprint density at radius 1 is 1.33 bits per heavy atom. The lowest BCUT2D eigenvalue weighted by Gasteiger charge is -2.15. The summed E-state index contributed by atoms with van der Waals surface area (Å²) in [5.41, 5.74) is 4.27. The molecule has 4 heteroatoms. The van der Waals surface area contributed by atoms with Crippen LogP contribution in [0.25, 0.3) is 0 Å². The Labute approximate surface area is 113 Å². The number of aliphatic hydroxyl groups is 1. The number of benzene rings is 1. The first-order valence-corrected chi connectivity index (χ1v) is 7.11. The number of hydrogen-bond acceptors (Lipinski definition) is 3. The summed E-state index contributed by atoms with van der Waals surface area (Å²) < 4.78 is 0. The molecule has 0 unspecified atom stereocenters. The molecule has 0 radical (unpaired) electrons. The van der Waals surface area contributed by atoms with Crippen molar-refractivity contribution in [2.24, 2.45) is 0 Å². The second-order valence-electron chi connectivity index (χ2n) is 4.50. The zero-order valence-electron chi connectivity index (χ0n) is 11.4. The molecule has 0 aliphatic heterocycles. The van der Waals surface area contributed by atoms with Crippen LogP contribution in [0.15, 0.2) is 12.1 Å². The average molecular weight is 267 g/mol. The summed E-state index contributed by atoms with van der Waals surface area (Å²) in [4.78, 5) is 12.0. The van der Waals surface area contributed by atoms with Gasteiger partial charge in [-0.05, 0) is 38.8 Å². The smallest absolute Gasteiger partial charge is 0.237 e. The molecule has 0 spiro atoms. The second kappa shape index (κ2) is 6.81. The highest BCUT2D eigenvalue weighted by Crippen LogP contribution is 2.23. The zero-order valence-corrected chi connectivity index (χ0v) is 12.2. The first kappa shape index (κ1) is 15.1. The van der Waals surface area contributed by atoms with Gasteiger partial charge in [0, 0.05) is 11.4 Å². The van der Waals surface area contributed by atoms with Gasteiger partial charge >= 0.3 is 0 Å². The highest BCUT2D eigenvalue weighted by Gasteiger charge is 2.15. The number of carbonyl (C=O) groups is 1. The molecule has 1 amide bonds. The molecule has 18 heavy (non-hydrogen) atoms. The van der Waals surface area contributed by atoms with Gasteiger partial charge < -0.3 is 10.4 Å². The van der Waals surface area contributed by atoms with Crippen LogP contribution in [0, 0.1) is 20.8 Å². The van der Waals surface area contributed by atoms with Gasteiger partial charge in [-0.3, -0.25) is 4.79 Å². The van der Waals surface area contributed by atoms with Gasteiger partial charge in [-0.2, -0.15) is 0 Å². The molecule has 1 aromatic rings. The molecule has 2 N–H and O–H groups in total. The van der Waals surface area contributed by atoms with Crippen molar-refractivity contribution < 1.29 is 9.90 Å². The molecule has 0 aromatic heterocycles. The molecule has 0 heterocycles. The summed E-state index contributed by atoms with van der Waals surface area (Å²) in [5, 5.41) is 11.6. The number of anilines is 1. The number of rotatable bonds is 5. The fourth-order valence-corrected chi connectivity index (χ4v) is 2.58. The Bertz CT molecular complexity index is 409. The molecule has 0 fully saturated rings. The van der Waals surface area contributed by atoms with E-state index in [0.717, 1.165) is 16.8 Å². The Kier molecular flexibility index (Phi) is 5.69. The molecule has 0 saturated heterocycles. The topological polar surface area (TPSA) is 49.3 Å². The van der Waals surface area contributed by atoms with Crippen LogP contribution in [0.1, 0.15) is 23.6 Å². The van der Waals surface area contributed by atoms with Crippen molar-refractivity contribution in [3.8, 4) is 0 Å². The Morgan fingerprint density at radius 2 is 1.89 bits per heavy atom. The van der Waals surface area contributed by atoms with Gasteiger partial charge in [0.1, 0.15) is 0 Å². The maximum atomic E-state index is 12.0. The summed E-state index contributed by atoms with van der Waals surface area (Å²) in [6, 6.07) is 4.13. The standard InChI is InChI=1S/C14H21NO2S/c1-9-7-10(2)13(11(3)8-9)15-14(17)12(4)18-6-5-16/h7-8,12,16H,5-6H2,1-4H3,(H,15,17)/t12-/m1/s1. The lowest BCUT2D eigenvalue weighted by molar-refractivity contribution is -0.115. The van der Waals surface area contributed by atoms with Gasteiger partial charge in [0.05, 0.1) is 11.9 Å². The van der Waals surface area contributed by atoms with E-state index in [4.69, 9.17) is 5.11 Å². The number of aliphatic hydroxyl groups excluding tert-OH is 1. The summed E-state index contributed by atoms with van der Waals surface area (Å²) in [7, 11) is 0. The highest BCUT2D eigenvalue weighted by molar-refractivity contribution is 8.00. The van der Waals surface area contributed by atoms with Crippen LogP contribution in [0.2, 0.25) is 0 Å². The number of amides is 1. The summed E-state index contributed by atoms with van der Waals surface area (Å²) in [6.45, 7) is 8.01. The van der Waals surface area contributed by atoms with E-state index < -0.39 is 0 Å². The molecular weight excluding hydrogens is 246 g/mol. The van der Waals surface area contributed by atoms with Crippen molar-refractivity contribution in [3.63, 3.8) is 0 Å². The van der Waals surface area contributed by atoms with Gasteiger partial charge in [0.2, 0.25) is 5.91 Å². The average Bonchev–Trinajstić information content (AvgIpc) is 2.30. The van der Waals surface area contributed by atoms with Crippen molar-refractivity contribution in [3.05, 3.63) is 28.8 Å². The van der Waals surface area contributed by atoms with Crippen molar-refractivity contribution in [2.75, 3.05) is 17.7 Å². The fourth-order valence-electron chi connectivity index (χ4n) is 1.91. The van der Waals surface area contributed by atoms with E-state index in [2.05, 4.69) is 17.4 Å². The zero-order chi connectivity index (χ0) is 13.7. The van der Waals surface area contributed by atoms with Gasteiger partial charge in [-0.1, -0.05) is 17.7 Å². The lowest BCUT2D eigenvalue weighted by atomic mass is 10.1. The molecule has 1 atom stereocenters. The van der Waals surface area contributed by atoms with Crippen LogP contribution >= 0.6 is 11.8 Å². The maximum Gasteiger partial charge on any atom is 0.237 e. The first-order valence-electron chi connectivity index (χ1n) is 6.07. The van der Waals surface area contributed by atoms with Gasteiger partial charge in [0.15, 0.2) is 0 Å². The molecule has 1 aromatic carbocycles. The fraction of sp³-hybridized carbons (Fsp3) is 0.500. The summed E-state index contributed by atoms with van der Waals surface area (Å²) in [5.74, 6) is 0.573. The molecule has 0 aliphatic carbocycles. The number of carbonyl (C=O) groups excluding carboxylic acids is 1. The first-order chi connectivity index (χ1) is 8.45. The largest absolute Gasteiger partial charge is 0.396 e. The molecule has 3 nitrogen and oxygen atoms in total. The number of nitrogens with one attached hydrogen (secondary N) is 1. The molecular formula is C14H21NO2S. The van der Waals surface area contributed by atoms with E-state index in [9.17, 15) is 4.79 Å². The van der Waals surface area contributed by atoms with Crippen LogP contribution in [0.3, 0.4) is 0 Å². The number of hydrogen-bond donors (Lipinski definition) is 2. The third-order valence-corrected chi connectivity index (χ3v) is 3.89. The Hall–Kier alpha value is -1.00. The Morgan fingerprint density at radius 3 is 2.39 bits per heavy atom. The minimum absolute atomic E-state index is 0.0106. The normalized spacial score (nSPS) is 12.3. The van der Waals surface area contributed by atoms with Crippen molar-refractivity contribution in [1.82, 2.24) is 0 Å². The third-order valence-electron chi connectivity index (χ3n) is 2.75. The predicted octanol–water partition coefficient (Wildman–Crippen LogP) is 2.66. The van der Waals surface area contributed by atoms with E-state index in [0.29, 0.717) is 5.75 Å². The van der Waals surface area contributed by atoms with Gasteiger partial charge in [-0.15, -0.1) is 11.8 Å². The van der Waals surface area contributed by atoms with Crippen molar-refractivity contribution in [2.45, 2.75) is 32.9 Å². The van der Waals surface area contributed by atoms with Crippen molar-refractivity contribution in [1.29, 1.82) is 0 Å². The van der Waals surface area contributed by atoms with E-state index >= 15 is 0 Å². The predicted molar refractivity (Wildman–Crippen MR) is 78.3 cm³/mol. The van der Waals surface area contributed by atoms with Crippen LogP contribution in [-0.4, -0.2) is 28.6 Å². The SMILES string of the molecule is Cc1cc(C)c(NC(=O)[C@@H](C)SCCO)c(C)c1.